The SMILES string of the molecule is CCNC(C(F)F)C1CCCC(C)C1. The highest BCUT2D eigenvalue weighted by Gasteiger charge is 2.31. The summed E-state index contributed by atoms with van der Waals surface area (Å²) in [5.74, 6) is 0.798. The summed E-state index contributed by atoms with van der Waals surface area (Å²) in [6.45, 7) is 4.70. The second-order valence-electron chi connectivity index (χ2n) is 4.45. The van der Waals surface area contributed by atoms with Crippen molar-refractivity contribution in [1.82, 2.24) is 5.32 Å². The molecule has 0 heterocycles. The van der Waals surface area contributed by atoms with Gasteiger partial charge in [0.15, 0.2) is 0 Å². The lowest BCUT2D eigenvalue weighted by atomic mass is 9.78. The Labute approximate surface area is 85.3 Å². The van der Waals surface area contributed by atoms with Gasteiger partial charge in [-0.15, -0.1) is 0 Å². The van der Waals surface area contributed by atoms with Crippen molar-refractivity contribution in [2.75, 3.05) is 6.54 Å². The van der Waals surface area contributed by atoms with Gasteiger partial charge in [0.2, 0.25) is 0 Å². The van der Waals surface area contributed by atoms with Crippen LogP contribution in [0, 0.1) is 11.8 Å². The molecule has 3 heteroatoms. The van der Waals surface area contributed by atoms with Crippen LogP contribution in [0.4, 0.5) is 8.78 Å². The molecule has 1 aliphatic carbocycles. The second kappa shape index (κ2) is 5.64. The maximum atomic E-state index is 12.7. The van der Waals surface area contributed by atoms with Crippen molar-refractivity contribution in [3.05, 3.63) is 0 Å². The molecule has 0 spiro atoms. The largest absolute Gasteiger partial charge is 0.309 e. The van der Waals surface area contributed by atoms with Crippen LogP contribution in [0.15, 0.2) is 0 Å². The van der Waals surface area contributed by atoms with E-state index in [1.165, 1.54) is 6.42 Å². The third kappa shape index (κ3) is 3.19. The Morgan fingerprint density at radius 2 is 2.07 bits per heavy atom. The first-order valence-electron chi connectivity index (χ1n) is 5.66. The van der Waals surface area contributed by atoms with Gasteiger partial charge in [-0.25, -0.2) is 8.78 Å². The van der Waals surface area contributed by atoms with Crippen molar-refractivity contribution >= 4 is 0 Å². The minimum atomic E-state index is -2.22. The van der Waals surface area contributed by atoms with Crippen molar-refractivity contribution in [1.29, 1.82) is 0 Å². The Hall–Kier alpha value is -0.180. The van der Waals surface area contributed by atoms with E-state index in [1.807, 2.05) is 6.92 Å². The lowest BCUT2D eigenvalue weighted by Gasteiger charge is -2.33. The highest BCUT2D eigenvalue weighted by Crippen LogP contribution is 2.32. The molecule has 0 aromatic rings. The van der Waals surface area contributed by atoms with Crippen LogP contribution in [0.5, 0.6) is 0 Å². The molecule has 1 rings (SSSR count). The zero-order chi connectivity index (χ0) is 10.6. The van der Waals surface area contributed by atoms with Crippen LogP contribution in [0.1, 0.15) is 39.5 Å². The minimum Gasteiger partial charge on any atom is -0.309 e. The fourth-order valence-corrected chi connectivity index (χ4v) is 2.50. The molecule has 84 valence electrons. The summed E-state index contributed by atoms with van der Waals surface area (Å²) >= 11 is 0. The van der Waals surface area contributed by atoms with Crippen molar-refractivity contribution in [3.63, 3.8) is 0 Å². The molecule has 0 amide bonds. The Kier molecular flexibility index (Phi) is 4.79. The molecule has 0 aromatic heterocycles. The topological polar surface area (TPSA) is 12.0 Å². The molecule has 3 atom stereocenters. The van der Waals surface area contributed by atoms with E-state index in [4.69, 9.17) is 0 Å². The molecule has 0 aliphatic heterocycles. The monoisotopic (exact) mass is 205 g/mol. The first kappa shape index (κ1) is 11.9. The first-order chi connectivity index (χ1) is 6.65. The van der Waals surface area contributed by atoms with E-state index in [9.17, 15) is 8.78 Å². The van der Waals surface area contributed by atoms with E-state index in [-0.39, 0.29) is 5.92 Å². The van der Waals surface area contributed by atoms with Crippen molar-refractivity contribution in [2.45, 2.75) is 52.0 Å². The van der Waals surface area contributed by atoms with Gasteiger partial charge in [0.25, 0.3) is 6.43 Å². The molecule has 3 unspecified atom stereocenters. The van der Waals surface area contributed by atoms with Crippen LogP contribution in [-0.4, -0.2) is 19.0 Å². The zero-order valence-electron chi connectivity index (χ0n) is 9.10. The quantitative estimate of drug-likeness (QED) is 0.743. The normalized spacial score (nSPS) is 30.6. The molecule has 1 aliphatic rings. The Balaban J connectivity index is 2.48. The van der Waals surface area contributed by atoms with Crippen molar-refractivity contribution < 1.29 is 8.78 Å². The molecule has 0 radical (unpaired) electrons. The molecule has 1 saturated carbocycles. The van der Waals surface area contributed by atoms with Gasteiger partial charge in [-0.3, -0.25) is 0 Å². The lowest BCUT2D eigenvalue weighted by Crippen LogP contribution is -2.43. The summed E-state index contributed by atoms with van der Waals surface area (Å²) in [4.78, 5) is 0. The van der Waals surface area contributed by atoms with Crippen LogP contribution in [0.25, 0.3) is 0 Å². The molecule has 0 bridgehead atoms. The van der Waals surface area contributed by atoms with Crippen LogP contribution in [-0.2, 0) is 0 Å². The number of hydrogen-bond acceptors (Lipinski definition) is 1. The molecule has 0 aromatic carbocycles. The van der Waals surface area contributed by atoms with Crippen LogP contribution in [0.2, 0.25) is 0 Å². The van der Waals surface area contributed by atoms with E-state index in [0.717, 1.165) is 19.3 Å². The second-order valence-corrected chi connectivity index (χ2v) is 4.45. The summed E-state index contributed by atoms with van der Waals surface area (Å²) in [5, 5.41) is 2.92. The average Bonchev–Trinajstić information content (AvgIpc) is 2.13. The third-order valence-electron chi connectivity index (χ3n) is 3.20. The Bertz CT molecular complexity index is 161. The number of rotatable bonds is 4. The van der Waals surface area contributed by atoms with Gasteiger partial charge in [0.1, 0.15) is 0 Å². The van der Waals surface area contributed by atoms with Crippen LogP contribution < -0.4 is 5.32 Å². The smallest absolute Gasteiger partial charge is 0.253 e. The lowest BCUT2D eigenvalue weighted by molar-refractivity contribution is 0.0519. The summed E-state index contributed by atoms with van der Waals surface area (Å²) < 4.78 is 25.5. The van der Waals surface area contributed by atoms with Gasteiger partial charge in [-0.1, -0.05) is 26.7 Å². The molecule has 1 fully saturated rings. The number of nitrogens with one attached hydrogen (secondary N) is 1. The molecular weight excluding hydrogens is 184 g/mol. The predicted molar refractivity (Wildman–Crippen MR) is 54.6 cm³/mol. The highest BCUT2D eigenvalue weighted by atomic mass is 19.3. The van der Waals surface area contributed by atoms with E-state index in [0.29, 0.717) is 12.5 Å². The molecule has 1 N–H and O–H groups in total. The van der Waals surface area contributed by atoms with E-state index in [2.05, 4.69) is 12.2 Å². The summed E-state index contributed by atoms with van der Waals surface area (Å²) in [7, 11) is 0. The Morgan fingerprint density at radius 1 is 1.36 bits per heavy atom. The number of halogens is 2. The number of hydrogen-bond donors (Lipinski definition) is 1. The van der Waals surface area contributed by atoms with Gasteiger partial charge in [-0.05, 0) is 31.2 Å². The van der Waals surface area contributed by atoms with E-state index >= 15 is 0 Å². The molecule has 14 heavy (non-hydrogen) atoms. The predicted octanol–water partition coefficient (Wildman–Crippen LogP) is 3.06. The first-order valence-corrected chi connectivity index (χ1v) is 5.66. The van der Waals surface area contributed by atoms with Gasteiger partial charge < -0.3 is 5.32 Å². The molecule has 1 nitrogen and oxygen atoms in total. The van der Waals surface area contributed by atoms with E-state index < -0.39 is 12.5 Å². The van der Waals surface area contributed by atoms with Crippen molar-refractivity contribution in [3.8, 4) is 0 Å². The minimum absolute atomic E-state index is 0.179. The summed E-state index contributed by atoms with van der Waals surface area (Å²) in [5.41, 5.74) is 0. The standard InChI is InChI=1S/C11H21F2N/c1-3-14-10(11(12)13)9-6-4-5-8(2)7-9/h8-11,14H,3-7H2,1-2H3. The van der Waals surface area contributed by atoms with Gasteiger partial charge in [0.05, 0.1) is 6.04 Å². The van der Waals surface area contributed by atoms with Crippen LogP contribution >= 0.6 is 0 Å². The van der Waals surface area contributed by atoms with Gasteiger partial charge >= 0.3 is 0 Å². The highest BCUT2D eigenvalue weighted by molar-refractivity contribution is 4.82. The third-order valence-corrected chi connectivity index (χ3v) is 3.20. The van der Waals surface area contributed by atoms with E-state index in [1.54, 1.807) is 0 Å². The zero-order valence-corrected chi connectivity index (χ0v) is 9.10. The fourth-order valence-electron chi connectivity index (χ4n) is 2.50. The fraction of sp³-hybridized carbons (Fsp3) is 1.00. The van der Waals surface area contributed by atoms with Crippen molar-refractivity contribution in [2.24, 2.45) is 11.8 Å². The summed E-state index contributed by atoms with van der Waals surface area (Å²) in [6.07, 6.45) is 2.03. The maximum Gasteiger partial charge on any atom is 0.253 e. The van der Waals surface area contributed by atoms with Gasteiger partial charge in [0, 0.05) is 0 Å². The number of alkyl halides is 2. The van der Waals surface area contributed by atoms with Crippen LogP contribution in [0.3, 0.4) is 0 Å². The summed E-state index contributed by atoms with van der Waals surface area (Å²) in [6, 6.07) is -0.581. The maximum absolute atomic E-state index is 12.7. The van der Waals surface area contributed by atoms with Gasteiger partial charge in [-0.2, -0.15) is 0 Å². The average molecular weight is 205 g/mol. The molecule has 0 saturated heterocycles. The molecular formula is C11H21F2N. The Morgan fingerprint density at radius 3 is 2.57 bits per heavy atom.